The third kappa shape index (κ3) is 3.00. The molecule has 0 radical (unpaired) electrons. The third-order valence-corrected chi connectivity index (χ3v) is 4.93. The average Bonchev–Trinajstić information content (AvgIpc) is 2.90. The number of rotatable bonds is 7. The van der Waals surface area contributed by atoms with Crippen LogP contribution in [0.4, 0.5) is 0 Å². The molecule has 2 rings (SSSR count). The lowest BCUT2D eigenvalue weighted by Crippen LogP contribution is -2.36. The van der Waals surface area contributed by atoms with Crippen LogP contribution in [0.1, 0.15) is 65.2 Å². The molecule has 0 spiro atoms. The van der Waals surface area contributed by atoms with Crippen LogP contribution in [0, 0.1) is 17.8 Å². The average molecular weight is 223 g/mol. The van der Waals surface area contributed by atoms with Crippen LogP contribution in [0.5, 0.6) is 0 Å². The summed E-state index contributed by atoms with van der Waals surface area (Å²) in [5.74, 6) is 3.17. The SMILES string of the molecule is CCCCCCNC(C)C1CC2CCC1C2. The molecular weight excluding hydrogens is 194 g/mol. The summed E-state index contributed by atoms with van der Waals surface area (Å²) in [5, 5.41) is 3.77. The van der Waals surface area contributed by atoms with Crippen molar-refractivity contribution in [1.82, 2.24) is 5.32 Å². The van der Waals surface area contributed by atoms with Crippen molar-refractivity contribution in [3.8, 4) is 0 Å². The summed E-state index contributed by atoms with van der Waals surface area (Å²) < 4.78 is 0. The van der Waals surface area contributed by atoms with Gasteiger partial charge >= 0.3 is 0 Å². The van der Waals surface area contributed by atoms with Crippen LogP contribution in [0.2, 0.25) is 0 Å². The molecule has 2 fully saturated rings. The number of fused-ring (bicyclic) bond motifs is 2. The second kappa shape index (κ2) is 6.05. The van der Waals surface area contributed by atoms with E-state index in [9.17, 15) is 0 Å². The van der Waals surface area contributed by atoms with Crippen molar-refractivity contribution >= 4 is 0 Å². The monoisotopic (exact) mass is 223 g/mol. The molecule has 4 atom stereocenters. The van der Waals surface area contributed by atoms with Crippen LogP contribution < -0.4 is 5.32 Å². The molecule has 0 aromatic heterocycles. The van der Waals surface area contributed by atoms with Gasteiger partial charge < -0.3 is 5.32 Å². The fourth-order valence-electron chi connectivity index (χ4n) is 3.94. The molecule has 2 aliphatic carbocycles. The summed E-state index contributed by atoms with van der Waals surface area (Å²) in [5.41, 5.74) is 0. The topological polar surface area (TPSA) is 12.0 Å². The number of hydrogen-bond donors (Lipinski definition) is 1. The van der Waals surface area contributed by atoms with Crippen LogP contribution in [-0.4, -0.2) is 12.6 Å². The Labute approximate surface area is 101 Å². The van der Waals surface area contributed by atoms with Gasteiger partial charge in [-0.2, -0.15) is 0 Å². The predicted molar refractivity (Wildman–Crippen MR) is 70.5 cm³/mol. The first-order valence-electron chi connectivity index (χ1n) is 7.54. The molecule has 0 heterocycles. The van der Waals surface area contributed by atoms with E-state index < -0.39 is 0 Å². The number of unbranched alkanes of at least 4 members (excludes halogenated alkanes) is 3. The highest BCUT2D eigenvalue weighted by Gasteiger charge is 2.41. The largest absolute Gasteiger partial charge is 0.314 e. The first kappa shape index (κ1) is 12.4. The Morgan fingerprint density at radius 3 is 2.62 bits per heavy atom. The van der Waals surface area contributed by atoms with Gasteiger partial charge in [-0.25, -0.2) is 0 Å². The lowest BCUT2D eigenvalue weighted by Gasteiger charge is -2.28. The van der Waals surface area contributed by atoms with Crippen molar-refractivity contribution in [2.45, 2.75) is 71.3 Å². The van der Waals surface area contributed by atoms with Gasteiger partial charge in [-0.05, 0) is 56.9 Å². The molecule has 94 valence electrons. The molecule has 2 saturated carbocycles. The minimum absolute atomic E-state index is 0.775. The Bertz CT molecular complexity index is 202. The van der Waals surface area contributed by atoms with E-state index in [1.54, 1.807) is 6.42 Å². The Balaban J connectivity index is 1.59. The summed E-state index contributed by atoms with van der Waals surface area (Å²) in [4.78, 5) is 0. The minimum atomic E-state index is 0.775. The van der Waals surface area contributed by atoms with Crippen LogP contribution in [-0.2, 0) is 0 Å². The van der Waals surface area contributed by atoms with Gasteiger partial charge in [-0.3, -0.25) is 0 Å². The van der Waals surface area contributed by atoms with Crippen LogP contribution in [0.25, 0.3) is 0 Å². The number of hydrogen-bond acceptors (Lipinski definition) is 1. The van der Waals surface area contributed by atoms with Gasteiger partial charge in [0.05, 0.1) is 0 Å². The predicted octanol–water partition coefficient (Wildman–Crippen LogP) is 3.98. The van der Waals surface area contributed by atoms with Gasteiger partial charge in [-0.1, -0.05) is 32.6 Å². The molecule has 1 heteroatoms. The summed E-state index contributed by atoms with van der Waals surface area (Å²) in [6.45, 7) is 5.95. The highest BCUT2D eigenvalue weighted by atomic mass is 14.9. The van der Waals surface area contributed by atoms with Gasteiger partial charge in [0.15, 0.2) is 0 Å². The molecule has 0 amide bonds. The normalized spacial score (nSPS) is 34.5. The van der Waals surface area contributed by atoms with E-state index in [2.05, 4.69) is 19.2 Å². The van der Waals surface area contributed by atoms with Gasteiger partial charge in [0.25, 0.3) is 0 Å². The van der Waals surface area contributed by atoms with Gasteiger partial charge in [0, 0.05) is 6.04 Å². The highest BCUT2D eigenvalue weighted by Crippen LogP contribution is 2.49. The van der Waals surface area contributed by atoms with Crippen molar-refractivity contribution in [3.05, 3.63) is 0 Å². The number of nitrogens with one attached hydrogen (secondary N) is 1. The Morgan fingerprint density at radius 2 is 2.00 bits per heavy atom. The summed E-state index contributed by atoms with van der Waals surface area (Å²) in [6, 6.07) is 0.775. The molecule has 0 aliphatic heterocycles. The van der Waals surface area contributed by atoms with Crippen LogP contribution >= 0.6 is 0 Å². The van der Waals surface area contributed by atoms with Crippen molar-refractivity contribution < 1.29 is 0 Å². The summed E-state index contributed by atoms with van der Waals surface area (Å²) in [7, 11) is 0. The minimum Gasteiger partial charge on any atom is -0.314 e. The standard InChI is InChI=1S/C15H29N/c1-3-4-5-6-9-16-12(2)15-11-13-7-8-14(15)10-13/h12-16H,3-11H2,1-2H3. The van der Waals surface area contributed by atoms with Crippen LogP contribution in [0.3, 0.4) is 0 Å². The lowest BCUT2D eigenvalue weighted by molar-refractivity contribution is 0.260. The first-order chi connectivity index (χ1) is 7.81. The molecule has 0 aromatic carbocycles. The molecule has 2 aliphatic rings. The van der Waals surface area contributed by atoms with E-state index in [1.807, 2.05) is 0 Å². The molecular formula is C15H29N. The van der Waals surface area contributed by atoms with E-state index in [0.29, 0.717) is 0 Å². The second-order valence-corrected chi connectivity index (χ2v) is 6.14. The van der Waals surface area contributed by atoms with E-state index in [0.717, 1.165) is 23.8 Å². The maximum atomic E-state index is 3.77. The second-order valence-electron chi connectivity index (χ2n) is 6.14. The van der Waals surface area contributed by atoms with E-state index >= 15 is 0 Å². The highest BCUT2D eigenvalue weighted by molar-refractivity contribution is 4.93. The van der Waals surface area contributed by atoms with E-state index in [-0.39, 0.29) is 0 Å². The molecule has 1 nitrogen and oxygen atoms in total. The molecule has 1 N–H and O–H groups in total. The molecule has 4 unspecified atom stereocenters. The van der Waals surface area contributed by atoms with Crippen LogP contribution in [0.15, 0.2) is 0 Å². The molecule has 16 heavy (non-hydrogen) atoms. The first-order valence-corrected chi connectivity index (χ1v) is 7.54. The zero-order valence-corrected chi connectivity index (χ0v) is 11.2. The lowest BCUT2D eigenvalue weighted by atomic mass is 9.84. The van der Waals surface area contributed by atoms with Crippen molar-refractivity contribution in [2.24, 2.45) is 17.8 Å². The van der Waals surface area contributed by atoms with Crippen molar-refractivity contribution in [1.29, 1.82) is 0 Å². The van der Waals surface area contributed by atoms with Gasteiger partial charge in [0.2, 0.25) is 0 Å². The quantitative estimate of drug-likeness (QED) is 0.644. The van der Waals surface area contributed by atoms with Gasteiger partial charge in [-0.15, -0.1) is 0 Å². The Hall–Kier alpha value is -0.0400. The molecule has 0 saturated heterocycles. The Morgan fingerprint density at radius 1 is 1.12 bits per heavy atom. The Kier molecular flexibility index (Phi) is 4.69. The smallest absolute Gasteiger partial charge is 0.00697 e. The summed E-state index contributed by atoms with van der Waals surface area (Å²) in [6.07, 6.45) is 11.7. The zero-order valence-electron chi connectivity index (χ0n) is 11.2. The summed E-state index contributed by atoms with van der Waals surface area (Å²) >= 11 is 0. The maximum Gasteiger partial charge on any atom is 0.00697 e. The van der Waals surface area contributed by atoms with Gasteiger partial charge in [0.1, 0.15) is 0 Å². The fraction of sp³-hybridized carbons (Fsp3) is 1.00. The molecule has 0 aromatic rings. The fourth-order valence-corrected chi connectivity index (χ4v) is 3.94. The molecule has 2 bridgehead atoms. The van der Waals surface area contributed by atoms with Crippen molar-refractivity contribution in [3.63, 3.8) is 0 Å². The van der Waals surface area contributed by atoms with E-state index in [1.165, 1.54) is 51.5 Å². The third-order valence-electron chi connectivity index (χ3n) is 4.93. The van der Waals surface area contributed by atoms with Crippen molar-refractivity contribution in [2.75, 3.05) is 6.54 Å². The van der Waals surface area contributed by atoms with E-state index in [4.69, 9.17) is 0 Å². The zero-order chi connectivity index (χ0) is 11.4. The maximum absolute atomic E-state index is 3.77.